The molecule has 0 spiro atoms. The fourth-order valence-electron chi connectivity index (χ4n) is 2.94. The third-order valence-corrected chi connectivity index (χ3v) is 4.36. The van der Waals surface area contributed by atoms with Gasteiger partial charge in [0, 0.05) is 26.2 Å². The first kappa shape index (κ1) is 21.2. The quantitative estimate of drug-likeness (QED) is 0.516. The molecule has 0 bridgehead atoms. The maximum atomic E-state index is 5.85. The summed E-state index contributed by atoms with van der Waals surface area (Å²) in [5.74, 6) is 1.81. The molecule has 1 fully saturated rings. The Labute approximate surface area is 171 Å². The summed E-state index contributed by atoms with van der Waals surface area (Å²) in [5.41, 5.74) is 5.37. The van der Waals surface area contributed by atoms with Gasteiger partial charge < -0.3 is 30.2 Å². The van der Waals surface area contributed by atoms with Crippen LogP contribution in [-0.2, 0) is 9.47 Å². The molecule has 158 valence electrons. The number of nitrogens with zero attached hydrogens (tertiary/aromatic N) is 4. The van der Waals surface area contributed by atoms with Crippen molar-refractivity contribution in [3.8, 4) is 11.8 Å². The molecule has 1 aliphatic rings. The molecular formula is C20H30N6O3. The summed E-state index contributed by atoms with van der Waals surface area (Å²) in [6.45, 7) is 5.12. The number of rotatable bonds is 12. The number of para-hydroxylation sites is 1. The van der Waals surface area contributed by atoms with E-state index in [4.69, 9.17) is 19.9 Å². The molecule has 1 aromatic carbocycles. The number of benzene rings is 1. The normalized spacial score (nSPS) is 14.0. The Morgan fingerprint density at radius 1 is 0.897 bits per heavy atom. The zero-order valence-corrected chi connectivity index (χ0v) is 16.8. The molecule has 3 rings (SSSR count). The molecule has 0 saturated carbocycles. The lowest BCUT2D eigenvalue weighted by Crippen LogP contribution is -2.31. The van der Waals surface area contributed by atoms with Crippen molar-refractivity contribution in [3.05, 3.63) is 30.3 Å². The van der Waals surface area contributed by atoms with Gasteiger partial charge in [-0.25, -0.2) is 0 Å². The number of aromatic nitrogens is 3. The van der Waals surface area contributed by atoms with Crippen molar-refractivity contribution in [2.75, 3.05) is 62.8 Å². The van der Waals surface area contributed by atoms with Gasteiger partial charge in [0.15, 0.2) is 0 Å². The molecule has 9 heteroatoms. The maximum Gasteiger partial charge on any atom is 0.328 e. The fourth-order valence-corrected chi connectivity index (χ4v) is 2.94. The van der Waals surface area contributed by atoms with E-state index in [0.717, 1.165) is 25.9 Å². The highest BCUT2D eigenvalue weighted by Gasteiger charge is 2.17. The summed E-state index contributed by atoms with van der Waals surface area (Å²) in [5, 5.41) is 3.20. The summed E-state index contributed by atoms with van der Waals surface area (Å²) in [6.07, 6.45) is 3.53. The highest BCUT2D eigenvalue weighted by molar-refractivity contribution is 5.39. The molecule has 3 N–H and O–H groups in total. The topological polar surface area (TPSA) is 108 Å². The Morgan fingerprint density at radius 2 is 1.66 bits per heavy atom. The third-order valence-electron chi connectivity index (χ3n) is 4.36. The van der Waals surface area contributed by atoms with Crippen LogP contribution in [0.3, 0.4) is 0 Å². The van der Waals surface area contributed by atoms with Crippen LogP contribution in [0, 0.1) is 0 Å². The Balaban J connectivity index is 1.58. The minimum atomic E-state index is 0.283. The molecule has 1 saturated heterocycles. The van der Waals surface area contributed by atoms with Crippen LogP contribution in [0.4, 0.5) is 11.9 Å². The molecule has 0 aliphatic carbocycles. The molecule has 1 aliphatic heterocycles. The molecule has 0 atom stereocenters. The van der Waals surface area contributed by atoms with E-state index in [-0.39, 0.29) is 6.01 Å². The molecule has 2 aromatic rings. The van der Waals surface area contributed by atoms with Crippen LogP contribution in [0.25, 0.3) is 0 Å². The zero-order chi connectivity index (χ0) is 20.2. The Hall–Kier alpha value is -2.49. The van der Waals surface area contributed by atoms with E-state index >= 15 is 0 Å². The first-order chi connectivity index (χ1) is 14.3. The van der Waals surface area contributed by atoms with Gasteiger partial charge in [0.05, 0.1) is 26.4 Å². The summed E-state index contributed by atoms with van der Waals surface area (Å²) in [7, 11) is 0. The average Bonchev–Trinajstić information content (AvgIpc) is 2.77. The van der Waals surface area contributed by atoms with Gasteiger partial charge >= 0.3 is 6.01 Å². The SMILES string of the molecule is NCCOCCOCCNc1nc(Oc2ccccc2)nc(N2CCCCC2)n1. The largest absolute Gasteiger partial charge is 0.424 e. The Morgan fingerprint density at radius 3 is 2.41 bits per heavy atom. The Bertz CT molecular complexity index is 713. The van der Waals surface area contributed by atoms with E-state index in [1.165, 1.54) is 6.42 Å². The van der Waals surface area contributed by atoms with Gasteiger partial charge in [-0.2, -0.15) is 15.0 Å². The Kier molecular flexibility index (Phi) is 8.89. The van der Waals surface area contributed by atoms with Gasteiger partial charge in [0.25, 0.3) is 0 Å². The van der Waals surface area contributed by atoms with Gasteiger partial charge in [-0.3, -0.25) is 0 Å². The van der Waals surface area contributed by atoms with Gasteiger partial charge in [-0.05, 0) is 31.4 Å². The maximum absolute atomic E-state index is 5.85. The van der Waals surface area contributed by atoms with E-state index in [2.05, 4.69) is 25.2 Å². The summed E-state index contributed by atoms with van der Waals surface area (Å²) in [4.78, 5) is 15.7. The molecule has 2 heterocycles. The van der Waals surface area contributed by atoms with Crippen LogP contribution in [0.1, 0.15) is 19.3 Å². The van der Waals surface area contributed by atoms with Crippen molar-refractivity contribution in [3.63, 3.8) is 0 Å². The van der Waals surface area contributed by atoms with Crippen LogP contribution in [0.2, 0.25) is 0 Å². The van der Waals surface area contributed by atoms with Crippen molar-refractivity contribution in [2.24, 2.45) is 5.73 Å². The van der Waals surface area contributed by atoms with Gasteiger partial charge in [0.1, 0.15) is 5.75 Å². The van der Waals surface area contributed by atoms with Crippen molar-refractivity contribution < 1.29 is 14.2 Å². The third kappa shape index (κ3) is 7.45. The average molecular weight is 402 g/mol. The standard InChI is InChI=1S/C20H30N6O3/c21-9-13-27-15-16-28-14-10-22-18-23-19(26-11-5-2-6-12-26)25-20(24-18)29-17-7-3-1-4-8-17/h1,3-4,7-8H,2,5-6,9-16,21H2,(H,22,23,24,25). The van der Waals surface area contributed by atoms with Crippen LogP contribution >= 0.6 is 0 Å². The molecule has 0 unspecified atom stereocenters. The lowest BCUT2D eigenvalue weighted by atomic mass is 10.1. The van der Waals surface area contributed by atoms with Crippen LogP contribution in [-0.4, -0.2) is 67.6 Å². The second-order valence-electron chi connectivity index (χ2n) is 6.64. The van der Waals surface area contributed by atoms with Crippen LogP contribution in [0.15, 0.2) is 30.3 Å². The van der Waals surface area contributed by atoms with Gasteiger partial charge in [-0.15, -0.1) is 0 Å². The number of piperidine rings is 1. The second kappa shape index (κ2) is 12.2. The van der Waals surface area contributed by atoms with Crippen molar-refractivity contribution in [1.82, 2.24) is 15.0 Å². The molecule has 29 heavy (non-hydrogen) atoms. The summed E-state index contributed by atoms with van der Waals surface area (Å²) < 4.78 is 16.7. The number of ether oxygens (including phenoxy) is 3. The van der Waals surface area contributed by atoms with Gasteiger partial charge in [-0.1, -0.05) is 18.2 Å². The van der Waals surface area contributed by atoms with Crippen LogP contribution in [0.5, 0.6) is 11.8 Å². The second-order valence-corrected chi connectivity index (χ2v) is 6.64. The van der Waals surface area contributed by atoms with E-state index in [9.17, 15) is 0 Å². The van der Waals surface area contributed by atoms with E-state index in [0.29, 0.717) is 57.2 Å². The number of anilines is 2. The molecular weight excluding hydrogens is 372 g/mol. The molecule has 9 nitrogen and oxygen atoms in total. The lowest BCUT2D eigenvalue weighted by molar-refractivity contribution is 0.0547. The predicted molar refractivity (Wildman–Crippen MR) is 112 cm³/mol. The molecule has 1 aromatic heterocycles. The first-order valence-corrected chi connectivity index (χ1v) is 10.2. The summed E-state index contributed by atoms with van der Waals surface area (Å²) >= 11 is 0. The molecule has 0 amide bonds. The lowest BCUT2D eigenvalue weighted by Gasteiger charge is -2.26. The minimum Gasteiger partial charge on any atom is -0.424 e. The van der Waals surface area contributed by atoms with Crippen molar-refractivity contribution >= 4 is 11.9 Å². The fraction of sp³-hybridized carbons (Fsp3) is 0.550. The number of hydrogen-bond donors (Lipinski definition) is 2. The summed E-state index contributed by atoms with van der Waals surface area (Å²) in [6, 6.07) is 9.79. The minimum absolute atomic E-state index is 0.283. The molecule has 0 radical (unpaired) electrons. The smallest absolute Gasteiger partial charge is 0.328 e. The highest BCUT2D eigenvalue weighted by Crippen LogP contribution is 2.22. The number of hydrogen-bond acceptors (Lipinski definition) is 9. The first-order valence-electron chi connectivity index (χ1n) is 10.2. The van der Waals surface area contributed by atoms with E-state index in [1.54, 1.807) is 0 Å². The zero-order valence-electron chi connectivity index (χ0n) is 16.8. The number of nitrogens with two attached hydrogens (primary N) is 1. The van der Waals surface area contributed by atoms with Crippen molar-refractivity contribution in [2.45, 2.75) is 19.3 Å². The highest BCUT2D eigenvalue weighted by atomic mass is 16.5. The van der Waals surface area contributed by atoms with E-state index in [1.807, 2.05) is 30.3 Å². The van der Waals surface area contributed by atoms with Crippen molar-refractivity contribution in [1.29, 1.82) is 0 Å². The number of nitrogens with one attached hydrogen (secondary N) is 1. The van der Waals surface area contributed by atoms with E-state index < -0.39 is 0 Å². The monoisotopic (exact) mass is 402 g/mol. The van der Waals surface area contributed by atoms with Crippen LogP contribution < -0.4 is 20.7 Å². The predicted octanol–water partition coefficient (Wildman–Crippen LogP) is 2.06. The van der Waals surface area contributed by atoms with Gasteiger partial charge in [0.2, 0.25) is 11.9 Å².